The molecule has 0 radical (unpaired) electrons. The van der Waals surface area contributed by atoms with Crippen molar-refractivity contribution in [2.24, 2.45) is 0 Å². The Morgan fingerprint density at radius 1 is 1.41 bits per heavy atom. The van der Waals surface area contributed by atoms with Gasteiger partial charge in [0.1, 0.15) is 5.82 Å². The lowest BCUT2D eigenvalue weighted by molar-refractivity contribution is -0.137. The minimum atomic E-state index is -3.01. The van der Waals surface area contributed by atoms with Gasteiger partial charge in [-0.15, -0.1) is 0 Å². The van der Waals surface area contributed by atoms with E-state index < -0.39 is 15.8 Å². The Bertz CT molecular complexity index is 632. The van der Waals surface area contributed by atoms with Crippen LogP contribution in [-0.4, -0.2) is 48.5 Å². The Morgan fingerprint density at radius 3 is 2.77 bits per heavy atom. The highest BCUT2D eigenvalue weighted by molar-refractivity contribution is 7.91. The van der Waals surface area contributed by atoms with E-state index in [1.54, 1.807) is 12.1 Å². The molecule has 1 aromatic rings. The molecule has 7 heteroatoms. The van der Waals surface area contributed by atoms with Gasteiger partial charge in [0.15, 0.2) is 9.84 Å². The maximum Gasteiger partial charge on any atom is 0.303 e. The molecule has 0 spiro atoms. The first-order chi connectivity index (χ1) is 10.4. The van der Waals surface area contributed by atoms with E-state index in [1.165, 1.54) is 12.1 Å². The molecular weight excluding hydrogens is 309 g/mol. The highest BCUT2D eigenvalue weighted by atomic mass is 32.2. The van der Waals surface area contributed by atoms with E-state index >= 15 is 0 Å². The Hall–Kier alpha value is -1.47. The van der Waals surface area contributed by atoms with Crippen LogP contribution in [0.25, 0.3) is 0 Å². The van der Waals surface area contributed by atoms with Crippen LogP contribution in [0.3, 0.4) is 0 Å². The second-order valence-electron chi connectivity index (χ2n) is 5.65. The number of carboxylic acids is 1. The quantitative estimate of drug-likeness (QED) is 0.824. The van der Waals surface area contributed by atoms with Crippen molar-refractivity contribution in [3.63, 3.8) is 0 Å². The molecule has 1 aromatic carbocycles. The van der Waals surface area contributed by atoms with Crippen molar-refractivity contribution in [2.45, 2.75) is 31.8 Å². The molecule has 0 unspecified atom stereocenters. The van der Waals surface area contributed by atoms with Gasteiger partial charge in [0.05, 0.1) is 11.5 Å². The van der Waals surface area contributed by atoms with Gasteiger partial charge < -0.3 is 5.11 Å². The van der Waals surface area contributed by atoms with Gasteiger partial charge >= 0.3 is 5.97 Å². The zero-order valence-corrected chi connectivity index (χ0v) is 13.1. The second kappa shape index (κ2) is 7.19. The van der Waals surface area contributed by atoms with E-state index in [0.717, 1.165) is 5.56 Å². The molecule has 22 heavy (non-hydrogen) atoms. The third-order valence-corrected chi connectivity index (χ3v) is 5.59. The molecule has 1 atom stereocenters. The van der Waals surface area contributed by atoms with Crippen molar-refractivity contribution < 1.29 is 22.7 Å². The van der Waals surface area contributed by atoms with Crippen molar-refractivity contribution in [1.82, 2.24) is 4.90 Å². The molecule has 0 aromatic heterocycles. The van der Waals surface area contributed by atoms with Crippen molar-refractivity contribution in [3.05, 3.63) is 35.6 Å². The number of halogens is 1. The molecule has 0 bridgehead atoms. The first kappa shape index (κ1) is 16.9. The van der Waals surface area contributed by atoms with Crippen LogP contribution < -0.4 is 0 Å². The molecule has 5 nitrogen and oxygen atoms in total. The Labute approximate surface area is 129 Å². The number of aliphatic carboxylic acids is 1. The fourth-order valence-corrected chi connectivity index (χ4v) is 4.52. The lowest BCUT2D eigenvalue weighted by atomic mass is 10.1. The number of benzene rings is 1. The van der Waals surface area contributed by atoms with E-state index in [-0.39, 0.29) is 29.8 Å². The lowest BCUT2D eigenvalue weighted by Gasteiger charge is -2.28. The number of hydrogen-bond acceptors (Lipinski definition) is 4. The van der Waals surface area contributed by atoms with E-state index in [2.05, 4.69) is 0 Å². The summed E-state index contributed by atoms with van der Waals surface area (Å²) in [5.41, 5.74) is 0.764. The van der Waals surface area contributed by atoms with Crippen LogP contribution >= 0.6 is 0 Å². The largest absolute Gasteiger partial charge is 0.481 e. The van der Waals surface area contributed by atoms with Crippen LogP contribution in [0.5, 0.6) is 0 Å². The van der Waals surface area contributed by atoms with Crippen molar-refractivity contribution in [1.29, 1.82) is 0 Å². The molecule has 1 fully saturated rings. The lowest BCUT2D eigenvalue weighted by Crippen LogP contribution is -2.36. The molecule has 0 amide bonds. The van der Waals surface area contributed by atoms with Crippen LogP contribution in [0.4, 0.5) is 4.39 Å². The smallest absolute Gasteiger partial charge is 0.303 e. The summed E-state index contributed by atoms with van der Waals surface area (Å²) in [6.07, 6.45) is 1.03. The summed E-state index contributed by atoms with van der Waals surface area (Å²) in [5.74, 6) is -0.946. The monoisotopic (exact) mass is 329 g/mol. The van der Waals surface area contributed by atoms with Crippen LogP contribution in [0.2, 0.25) is 0 Å². The van der Waals surface area contributed by atoms with E-state index in [1.807, 2.05) is 4.90 Å². The summed E-state index contributed by atoms with van der Waals surface area (Å²) in [6.45, 7) is 0.917. The molecule has 122 valence electrons. The summed E-state index contributed by atoms with van der Waals surface area (Å²) in [4.78, 5) is 12.6. The fourth-order valence-electron chi connectivity index (χ4n) is 2.76. The van der Waals surface area contributed by atoms with Gasteiger partial charge in [-0.3, -0.25) is 9.69 Å². The van der Waals surface area contributed by atoms with Crippen LogP contribution in [0, 0.1) is 5.82 Å². The average Bonchev–Trinajstić information content (AvgIpc) is 2.77. The number of hydrogen-bond donors (Lipinski definition) is 1. The van der Waals surface area contributed by atoms with Crippen molar-refractivity contribution >= 4 is 15.8 Å². The maximum absolute atomic E-state index is 13.3. The van der Waals surface area contributed by atoms with Gasteiger partial charge in [0, 0.05) is 19.0 Å². The second-order valence-corrected chi connectivity index (χ2v) is 7.88. The van der Waals surface area contributed by atoms with Crippen LogP contribution in [0.1, 0.15) is 24.8 Å². The average molecular weight is 329 g/mol. The van der Waals surface area contributed by atoms with E-state index in [4.69, 9.17) is 5.11 Å². The van der Waals surface area contributed by atoms with E-state index in [0.29, 0.717) is 25.9 Å². The SMILES string of the molecule is O=C(O)CCCN(Cc1cccc(F)c1)[C@H]1CCS(=O)(=O)C1. The summed E-state index contributed by atoms with van der Waals surface area (Å²) in [5, 5.41) is 8.74. The minimum absolute atomic E-state index is 0.0408. The predicted molar refractivity (Wildman–Crippen MR) is 80.7 cm³/mol. The molecule has 0 saturated carbocycles. The molecule has 1 heterocycles. The van der Waals surface area contributed by atoms with Gasteiger partial charge in [-0.05, 0) is 37.1 Å². The predicted octanol–water partition coefficient (Wildman–Crippen LogP) is 1.68. The zero-order chi connectivity index (χ0) is 16.2. The normalized spacial score (nSPS) is 20.4. The highest BCUT2D eigenvalue weighted by Crippen LogP contribution is 2.21. The zero-order valence-electron chi connectivity index (χ0n) is 12.2. The first-order valence-electron chi connectivity index (χ1n) is 7.26. The third-order valence-electron chi connectivity index (χ3n) is 3.84. The summed E-state index contributed by atoms with van der Waals surface area (Å²) in [6, 6.07) is 6.07. The van der Waals surface area contributed by atoms with Crippen molar-refractivity contribution in [3.8, 4) is 0 Å². The summed E-state index contributed by atoms with van der Waals surface area (Å²) < 4.78 is 36.6. The Morgan fingerprint density at radius 2 is 2.18 bits per heavy atom. The molecule has 1 N–H and O–H groups in total. The molecule has 0 aliphatic carbocycles. The Balaban J connectivity index is 2.05. The number of carbonyl (C=O) groups is 1. The Kier molecular flexibility index (Phi) is 5.52. The molecule has 1 aliphatic heterocycles. The molecule has 1 aliphatic rings. The standard InChI is InChI=1S/C15H20FNO4S/c16-13-4-1-3-12(9-13)10-17(7-2-5-15(18)19)14-6-8-22(20,21)11-14/h1,3-4,9,14H,2,5-8,10-11H2,(H,18,19)/t14-/m0/s1. The van der Waals surface area contributed by atoms with E-state index in [9.17, 15) is 17.6 Å². The van der Waals surface area contributed by atoms with Crippen molar-refractivity contribution in [2.75, 3.05) is 18.1 Å². The molecular formula is C15H20FNO4S. The summed E-state index contributed by atoms with van der Waals surface area (Å²) in [7, 11) is -3.01. The van der Waals surface area contributed by atoms with Gasteiger partial charge in [0.25, 0.3) is 0 Å². The third kappa shape index (κ3) is 5.06. The molecule has 2 rings (SSSR count). The van der Waals surface area contributed by atoms with Gasteiger partial charge in [0.2, 0.25) is 0 Å². The number of sulfone groups is 1. The number of rotatable bonds is 7. The van der Waals surface area contributed by atoms with Gasteiger partial charge in [-0.1, -0.05) is 12.1 Å². The van der Waals surface area contributed by atoms with Crippen LogP contribution in [0.15, 0.2) is 24.3 Å². The first-order valence-corrected chi connectivity index (χ1v) is 9.08. The fraction of sp³-hybridized carbons (Fsp3) is 0.533. The number of nitrogens with zero attached hydrogens (tertiary/aromatic N) is 1. The minimum Gasteiger partial charge on any atom is -0.481 e. The maximum atomic E-state index is 13.3. The van der Waals surface area contributed by atoms with Crippen LogP contribution in [-0.2, 0) is 21.2 Å². The van der Waals surface area contributed by atoms with Gasteiger partial charge in [-0.25, -0.2) is 12.8 Å². The molecule has 1 saturated heterocycles. The van der Waals surface area contributed by atoms with Gasteiger partial charge in [-0.2, -0.15) is 0 Å². The summed E-state index contributed by atoms with van der Waals surface area (Å²) >= 11 is 0. The highest BCUT2D eigenvalue weighted by Gasteiger charge is 2.32. The number of carboxylic acid groups (broad SMARTS) is 1. The topological polar surface area (TPSA) is 74.7 Å².